The lowest BCUT2D eigenvalue weighted by Crippen LogP contribution is -2.26. The van der Waals surface area contributed by atoms with Crippen molar-refractivity contribution in [1.82, 2.24) is 20.3 Å². The van der Waals surface area contributed by atoms with E-state index in [1.165, 1.54) is 23.0 Å². The summed E-state index contributed by atoms with van der Waals surface area (Å²) in [6.45, 7) is 0.358. The molecule has 7 heteroatoms. The molecule has 2 N–H and O–H groups in total. The fourth-order valence-corrected chi connectivity index (χ4v) is 1.56. The van der Waals surface area contributed by atoms with E-state index in [0.29, 0.717) is 6.54 Å². The van der Waals surface area contributed by atoms with E-state index in [2.05, 4.69) is 15.6 Å². The van der Waals surface area contributed by atoms with Crippen LogP contribution in [0, 0.1) is 5.82 Å². The van der Waals surface area contributed by atoms with Crippen LogP contribution in [0.15, 0.2) is 30.5 Å². The first-order valence-electron chi connectivity index (χ1n) is 5.72. The lowest BCUT2D eigenvalue weighted by atomic mass is 10.2. The highest BCUT2D eigenvalue weighted by atomic mass is 19.1. The van der Waals surface area contributed by atoms with Gasteiger partial charge in [0.1, 0.15) is 5.82 Å². The quantitative estimate of drug-likeness (QED) is 0.807. The van der Waals surface area contributed by atoms with Gasteiger partial charge < -0.3 is 10.4 Å². The molecule has 1 amide bonds. The van der Waals surface area contributed by atoms with Crippen molar-refractivity contribution >= 4 is 5.91 Å². The van der Waals surface area contributed by atoms with Crippen molar-refractivity contribution in [1.29, 1.82) is 0 Å². The number of halogens is 1. The Bertz CT molecular complexity index is 570. The summed E-state index contributed by atoms with van der Waals surface area (Å²) in [7, 11) is 0. The minimum absolute atomic E-state index is 0.136. The standard InChI is InChI=1S/C12H13FN4O2/c13-10-3-1-2-9(6-10)7-17-8-11(15-16-17)12(19)14-4-5-18/h1-3,6,8,18H,4-5,7H2,(H,14,19). The van der Waals surface area contributed by atoms with Crippen LogP contribution in [-0.4, -0.2) is 39.2 Å². The maximum Gasteiger partial charge on any atom is 0.273 e. The number of rotatable bonds is 5. The molecule has 2 rings (SSSR count). The molecule has 0 aliphatic heterocycles. The van der Waals surface area contributed by atoms with Crippen LogP contribution < -0.4 is 5.32 Å². The van der Waals surface area contributed by atoms with Crippen LogP contribution in [0.2, 0.25) is 0 Å². The lowest BCUT2D eigenvalue weighted by molar-refractivity contribution is 0.0939. The first kappa shape index (κ1) is 13.2. The molecule has 100 valence electrons. The highest BCUT2D eigenvalue weighted by Crippen LogP contribution is 2.05. The fraction of sp³-hybridized carbons (Fsp3) is 0.250. The van der Waals surface area contributed by atoms with Gasteiger partial charge in [0, 0.05) is 6.54 Å². The number of amides is 1. The Morgan fingerprint density at radius 3 is 3.05 bits per heavy atom. The Morgan fingerprint density at radius 1 is 1.47 bits per heavy atom. The van der Waals surface area contributed by atoms with Gasteiger partial charge in [-0.2, -0.15) is 0 Å². The van der Waals surface area contributed by atoms with Gasteiger partial charge in [0.2, 0.25) is 0 Å². The van der Waals surface area contributed by atoms with E-state index in [1.807, 2.05) is 0 Å². The number of aliphatic hydroxyl groups is 1. The van der Waals surface area contributed by atoms with Crippen molar-refractivity contribution in [2.24, 2.45) is 0 Å². The van der Waals surface area contributed by atoms with Crippen LogP contribution >= 0.6 is 0 Å². The Labute approximate surface area is 108 Å². The largest absolute Gasteiger partial charge is 0.395 e. The summed E-state index contributed by atoms with van der Waals surface area (Å²) in [5.41, 5.74) is 0.886. The molecule has 2 aromatic rings. The van der Waals surface area contributed by atoms with E-state index >= 15 is 0 Å². The smallest absolute Gasteiger partial charge is 0.273 e. The summed E-state index contributed by atoms with van der Waals surface area (Å²) < 4.78 is 14.5. The SMILES string of the molecule is O=C(NCCO)c1cn(Cc2cccc(F)c2)nn1. The van der Waals surface area contributed by atoms with Gasteiger partial charge in [0.25, 0.3) is 5.91 Å². The highest BCUT2D eigenvalue weighted by molar-refractivity contribution is 5.91. The first-order valence-corrected chi connectivity index (χ1v) is 5.72. The van der Waals surface area contributed by atoms with Gasteiger partial charge in [-0.15, -0.1) is 5.10 Å². The molecule has 0 atom stereocenters. The second-order valence-electron chi connectivity index (χ2n) is 3.91. The zero-order chi connectivity index (χ0) is 13.7. The number of hydrogen-bond donors (Lipinski definition) is 2. The maximum absolute atomic E-state index is 13.0. The van der Waals surface area contributed by atoms with Gasteiger partial charge in [0.05, 0.1) is 19.3 Å². The van der Waals surface area contributed by atoms with Gasteiger partial charge in [-0.1, -0.05) is 17.3 Å². The number of nitrogens with zero attached hydrogens (tertiary/aromatic N) is 3. The van der Waals surface area contributed by atoms with Crippen LogP contribution in [0.4, 0.5) is 4.39 Å². The Kier molecular flexibility index (Phi) is 4.19. The maximum atomic E-state index is 13.0. The number of hydrogen-bond acceptors (Lipinski definition) is 4. The zero-order valence-electron chi connectivity index (χ0n) is 10.1. The molecule has 0 aliphatic rings. The number of nitrogens with one attached hydrogen (secondary N) is 1. The predicted molar refractivity (Wildman–Crippen MR) is 64.9 cm³/mol. The average molecular weight is 264 g/mol. The van der Waals surface area contributed by atoms with Crippen LogP contribution in [0.1, 0.15) is 16.1 Å². The number of benzene rings is 1. The van der Waals surface area contributed by atoms with E-state index in [-0.39, 0.29) is 24.7 Å². The first-order chi connectivity index (χ1) is 9.19. The van der Waals surface area contributed by atoms with Crippen molar-refractivity contribution < 1.29 is 14.3 Å². The highest BCUT2D eigenvalue weighted by Gasteiger charge is 2.10. The molecule has 1 heterocycles. The van der Waals surface area contributed by atoms with E-state index in [0.717, 1.165) is 5.56 Å². The minimum Gasteiger partial charge on any atom is -0.395 e. The Balaban J connectivity index is 2.03. The second-order valence-corrected chi connectivity index (χ2v) is 3.91. The van der Waals surface area contributed by atoms with Gasteiger partial charge in [-0.3, -0.25) is 4.79 Å². The molecule has 0 spiro atoms. The van der Waals surface area contributed by atoms with E-state index < -0.39 is 5.91 Å². The molecule has 1 aromatic carbocycles. The van der Waals surface area contributed by atoms with E-state index in [9.17, 15) is 9.18 Å². The van der Waals surface area contributed by atoms with Gasteiger partial charge >= 0.3 is 0 Å². The number of carbonyl (C=O) groups excluding carboxylic acids is 1. The third-order valence-corrected chi connectivity index (χ3v) is 2.40. The second kappa shape index (κ2) is 6.05. The topological polar surface area (TPSA) is 80.0 Å². The molecule has 0 fully saturated rings. The molecule has 0 saturated heterocycles. The number of carbonyl (C=O) groups is 1. The number of aliphatic hydroxyl groups excluding tert-OH is 1. The van der Waals surface area contributed by atoms with Crippen LogP contribution in [-0.2, 0) is 6.54 Å². The average Bonchev–Trinajstić information content (AvgIpc) is 2.84. The molecule has 6 nitrogen and oxygen atoms in total. The molecule has 0 unspecified atom stereocenters. The third-order valence-electron chi connectivity index (χ3n) is 2.40. The summed E-state index contributed by atoms with van der Waals surface area (Å²) in [4.78, 5) is 11.5. The Hall–Kier alpha value is -2.28. The summed E-state index contributed by atoms with van der Waals surface area (Å²) in [6, 6.07) is 6.12. The van der Waals surface area contributed by atoms with Gasteiger partial charge in [-0.25, -0.2) is 9.07 Å². The molecule has 19 heavy (non-hydrogen) atoms. The summed E-state index contributed by atoms with van der Waals surface area (Å²) in [6.07, 6.45) is 1.47. The minimum atomic E-state index is -0.403. The summed E-state index contributed by atoms with van der Waals surface area (Å²) in [5.74, 6) is -0.724. The van der Waals surface area contributed by atoms with Crippen molar-refractivity contribution in [3.05, 3.63) is 47.5 Å². The van der Waals surface area contributed by atoms with Crippen LogP contribution in [0.25, 0.3) is 0 Å². The third kappa shape index (κ3) is 3.59. The van der Waals surface area contributed by atoms with Gasteiger partial charge in [0.15, 0.2) is 5.69 Å². The normalized spacial score (nSPS) is 10.4. The fourth-order valence-electron chi connectivity index (χ4n) is 1.56. The zero-order valence-corrected chi connectivity index (χ0v) is 10.1. The van der Waals surface area contributed by atoms with Crippen molar-refractivity contribution in [2.45, 2.75) is 6.54 Å². The predicted octanol–water partition coefficient (Wildman–Crippen LogP) is 0.188. The lowest BCUT2D eigenvalue weighted by Gasteiger charge is -2.00. The van der Waals surface area contributed by atoms with Crippen LogP contribution in [0.5, 0.6) is 0 Å². The van der Waals surface area contributed by atoms with E-state index in [1.54, 1.807) is 12.1 Å². The Morgan fingerprint density at radius 2 is 2.32 bits per heavy atom. The molecule has 0 radical (unpaired) electrons. The summed E-state index contributed by atoms with van der Waals surface area (Å²) >= 11 is 0. The molecule has 0 aliphatic carbocycles. The van der Waals surface area contributed by atoms with Crippen molar-refractivity contribution in [2.75, 3.05) is 13.2 Å². The van der Waals surface area contributed by atoms with Crippen LogP contribution in [0.3, 0.4) is 0 Å². The molecule has 0 bridgehead atoms. The molecule has 0 saturated carbocycles. The van der Waals surface area contributed by atoms with Crippen molar-refractivity contribution in [3.8, 4) is 0 Å². The monoisotopic (exact) mass is 264 g/mol. The van der Waals surface area contributed by atoms with Crippen molar-refractivity contribution in [3.63, 3.8) is 0 Å². The molecular formula is C12H13FN4O2. The molecule has 1 aromatic heterocycles. The molecular weight excluding hydrogens is 251 g/mol. The summed E-state index contributed by atoms with van der Waals surface area (Å²) in [5, 5.41) is 18.6. The van der Waals surface area contributed by atoms with Gasteiger partial charge in [-0.05, 0) is 17.7 Å². The van der Waals surface area contributed by atoms with E-state index in [4.69, 9.17) is 5.11 Å². The number of aromatic nitrogens is 3.